The Balaban J connectivity index is 1.94. The van der Waals surface area contributed by atoms with E-state index in [-0.39, 0.29) is 5.97 Å². The van der Waals surface area contributed by atoms with E-state index in [9.17, 15) is 4.79 Å². The smallest absolute Gasteiger partial charge is 0.338 e. The maximum absolute atomic E-state index is 12.3. The van der Waals surface area contributed by atoms with Crippen LogP contribution in [0.4, 0.5) is 5.95 Å². The number of carbonyl (C=O) groups excluding carboxylic acids is 1. The van der Waals surface area contributed by atoms with E-state index < -0.39 is 6.04 Å². The van der Waals surface area contributed by atoms with E-state index in [1.165, 1.54) is 13.4 Å². The minimum absolute atomic E-state index is 0.389. The van der Waals surface area contributed by atoms with Gasteiger partial charge in [-0.3, -0.25) is 0 Å². The highest BCUT2D eigenvalue weighted by atomic mass is 16.5. The summed E-state index contributed by atoms with van der Waals surface area (Å²) < 4.78 is 12.4. The van der Waals surface area contributed by atoms with Crippen molar-refractivity contribution in [3.05, 3.63) is 47.4 Å². The molecule has 1 unspecified atom stereocenters. The third-order valence-corrected chi connectivity index (χ3v) is 4.16. The van der Waals surface area contributed by atoms with Crippen LogP contribution in [0.1, 0.15) is 38.3 Å². The second-order valence-electron chi connectivity index (χ2n) is 5.86. The number of hydrogen-bond donors (Lipinski definition) is 1. The molecule has 0 saturated carbocycles. The van der Waals surface area contributed by atoms with Crippen molar-refractivity contribution in [3.63, 3.8) is 0 Å². The van der Waals surface area contributed by atoms with Gasteiger partial charge in [-0.1, -0.05) is 25.5 Å². The molecule has 1 aliphatic heterocycles. The lowest BCUT2D eigenvalue weighted by atomic mass is 9.96. The van der Waals surface area contributed by atoms with Crippen LogP contribution in [0.2, 0.25) is 0 Å². The molecule has 1 N–H and O–H groups in total. The summed E-state index contributed by atoms with van der Waals surface area (Å²) in [5, 5.41) is 7.36. The number of hydrogen-bond acceptors (Lipinski definition) is 6. The number of anilines is 1. The van der Waals surface area contributed by atoms with Crippen molar-refractivity contribution in [2.24, 2.45) is 0 Å². The lowest BCUT2D eigenvalue weighted by Crippen LogP contribution is -2.29. The fourth-order valence-electron chi connectivity index (χ4n) is 2.85. The zero-order valence-electron chi connectivity index (χ0n) is 14.7. The van der Waals surface area contributed by atoms with Crippen LogP contribution in [0.25, 0.3) is 0 Å². The summed E-state index contributed by atoms with van der Waals surface area (Å²) >= 11 is 0. The topological polar surface area (TPSA) is 78.3 Å². The van der Waals surface area contributed by atoms with Crippen LogP contribution in [0.3, 0.4) is 0 Å². The molecule has 7 heteroatoms. The van der Waals surface area contributed by atoms with Crippen LogP contribution in [0.5, 0.6) is 5.75 Å². The van der Waals surface area contributed by atoms with Gasteiger partial charge in [0.2, 0.25) is 5.95 Å². The Bertz CT molecular complexity index is 780. The minimum Gasteiger partial charge on any atom is -0.494 e. The molecule has 1 aliphatic rings. The molecule has 2 aromatic rings. The first-order valence-corrected chi connectivity index (χ1v) is 8.34. The summed E-state index contributed by atoms with van der Waals surface area (Å²) in [6.45, 7) is 4.66. The van der Waals surface area contributed by atoms with Gasteiger partial charge in [-0.2, -0.15) is 10.1 Å². The van der Waals surface area contributed by atoms with Crippen LogP contribution < -0.4 is 10.1 Å². The number of methoxy groups -OCH3 is 1. The maximum Gasteiger partial charge on any atom is 0.338 e. The number of benzene rings is 1. The van der Waals surface area contributed by atoms with Gasteiger partial charge < -0.3 is 14.8 Å². The molecule has 0 spiro atoms. The van der Waals surface area contributed by atoms with Gasteiger partial charge in [-0.25, -0.2) is 9.48 Å². The van der Waals surface area contributed by atoms with Gasteiger partial charge in [-0.15, -0.1) is 0 Å². The summed E-state index contributed by atoms with van der Waals surface area (Å²) in [6.07, 6.45) is 3.58. The van der Waals surface area contributed by atoms with Crippen LogP contribution >= 0.6 is 0 Å². The van der Waals surface area contributed by atoms with E-state index in [0.29, 0.717) is 23.8 Å². The standard InChI is InChI=1S/C18H22N4O3/c1-4-5-10-25-14-8-6-13(7-9-14)16-15(17(23)24-3)12(2)21-18-19-11-20-22(16)18/h6-9,11,16H,4-5,10H2,1-3H3,(H,19,20,21). The van der Waals surface area contributed by atoms with E-state index >= 15 is 0 Å². The number of nitrogens with one attached hydrogen (secondary N) is 1. The highest BCUT2D eigenvalue weighted by Gasteiger charge is 2.33. The second-order valence-corrected chi connectivity index (χ2v) is 5.86. The van der Waals surface area contributed by atoms with Gasteiger partial charge in [-0.05, 0) is 31.0 Å². The molecule has 25 heavy (non-hydrogen) atoms. The van der Waals surface area contributed by atoms with Crippen molar-refractivity contribution in [1.29, 1.82) is 0 Å². The molecule has 1 aromatic heterocycles. The molecule has 0 fully saturated rings. The average molecular weight is 342 g/mol. The Morgan fingerprint density at radius 3 is 2.76 bits per heavy atom. The molecule has 1 aromatic carbocycles. The normalized spacial score (nSPS) is 16.2. The van der Waals surface area contributed by atoms with E-state index in [2.05, 4.69) is 22.3 Å². The van der Waals surface area contributed by atoms with Crippen molar-refractivity contribution < 1.29 is 14.3 Å². The molecule has 3 rings (SSSR count). The van der Waals surface area contributed by atoms with Gasteiger partial charge in [0.05, 0.1) is 19.3 Å². The SMILES string of the molecule is CCCCOc1ccc(C2C(C(=O)OC)=C(C)Nc3ncnn32)cc1. The molecule has 132 valence electrons. The lowest BCUT2D eigenvalue weighted by molar-refractivity contribution is -0.136. The van der Waals surface area contributed by atoms with Crippen LogP contribution in [0, 0.1) is 0 Å². The van der Waals surface area contributed by atoms with Crippen molar-refractivity contribution in [2.45, 2.75) is 32.7 Å². The highest BCUT2D eigenvalue weighted by Crippen LogP contribution is 2.35. The van der Waals surface area contributed by atoms with E-state index in [1.807, 2.05) is 31.2 Å². The van der Waals surface area contributed by atoms with Crippen molar-refractivity contribution >= 4 is 11.9 Å². The Morgan fingerprint density at radius 1 is 1.32 bits per heavy atom. The van der Waals surface area contributed by atoms with Crippen molar-refractivity contribution in [2.75, 3.05) is 19.0 Å². The highest BCUT2D eigenvalue weighted by molar-refractivity contribution is 5.92. The molecule has 0 amide bonds. The van der Waals surface area contributed by atoms with E-state index in [1.54, 1.807) is 4.68 Å². The third kappa shape index (κ3) is 3.35. The van der Waals surface area contributed by atoms with Crippen molar-refractivity contribution in [1.82, 2.24) is 14.8 Å². The predicted molar refractivity (Wildman–Crippen MR) is 93.3 cm³/mol. The molecule has 2 heterocycles. The van der Waals surface area contributed by atoms with Crippen LogP contribution in [-0.4, -0.2) is 34.5 Å². The lowest BCUT2D eigenvalue weighted by Gasteiger charge is -2.28. The number of unbranched alkanes of at least 4 members (excludes halogenated alkanes) is 1. The summed E-state index contributed by atoms with van der Waals surface area (Å²) in [4.78, 5) is 16.5. The first kappa shape index (κ1) is 17.0. The van der Waals surface area contributed by atoms with Crippen molar-refractivity contribution in [3.8, 4) is 5.75 Å². The van der Waals surface area contributed by atoms with Gasteiger partial charge in [0.15, 0.2) is 0 Å². The van der Waals surface area contributed by atoms with Crippen LogP contribution in [-0.2, 0) is 9.53 Å². The number of rotatable bonds is 6. The number of aromatic nitrogens is 3. The van der Waals surface area contributed by atoms with Crippen LogP contribution in [0.15, 0.2) is 41.9 Å². The summed E-state index contributed by atoms with van der Waals surface area (Å²) in [5.74, 6) is 1.02. The maximum atomic E-state index is 12.3. The molecule has 0 radical (unpaired) electrons. The monoisotopic (exact) mass is 342 g/mol. The van der Waals surface area contributed by atoms with Gasteiger partial charge >= 0.3 is 5.97 Å². The quantitative estimate of drug-likeness (QED) is 0.642. The Kier molecular flexibility index (Phi) is 5.02. The molecule has 1 atom stereocenters. The first-order valence-electron chi connectivity index (χ1n) is 8.34. The molecule has 7 nitrogen and oxygen atoms in total. The second kappa shape index (κ2) is 7.38. The van der Waals surface area contributed by atoms with E-state index in [4.69, 9.17) is 9.47 Å². The zero-order chi connectivity index (χ0) is 17.8. The molecule has 0 saturated heterocycles. The Labute approximate surface area is 146 Å². The number of nitrogens with zero attached hydrogens (tertiary/aromatic N) is 3. The fourth-order valence-corrected chi connectivity index (χ4v) is 2.85. The molecule has 0 bridgehead atoms. The molecular formula is C18H22N4O3. The Morgan fingerprint density at radius 2 is 2.08 bits per heavy atom. The number of esters is 1. The minimum atomic E-state index is -0.393. The fraction of sp³-hybridized carbons (Fsp3) is 0.389. The first-order chi connectivity index (χ1) is 12.2. The summed E-state index contributed by atoms with van der Waals surface area (Å²) in [5.41, 5.74) is 2.14. The molecule has 0 aliphatic carbocycles. The third-order valence-electron chi connectivity index (χ3n) is 4.16. The average Bonchev–Trinajstić information content (AvgIpc) is 3.08. The number of carbonyl (C=O) groups is 1. The predicted octanol–water partition coefficient (Wildman–Crippen LogP) is 2.92. The number of allylic oxidation sites excluding steroid dienone is 1. The Hall–Kier alpha value is -2.83. The van der Waals surface area contributed by atoms with E-state index in [0.717, 1.165) is 24.2 Å². The molecular weight excluding hydrogens is 320 g/mol. The zero-order valence-corrected chi connectivity index (χ0v) is 14.7. The van der Waals surface area contributed by atoms with Gasteiger partial charge in [0, 0.05) is 5.70 Å². The summed E-state index contributed by atoms with van der Waals surface area (Å²) in [6, 6.07) is 7.32. The van der Waals surface area contributed by atoms with Gasteiger partial charge in [0.1, 0.15) is 18.1 Å². The summed E-state index contributed by atoms with van der Waals surface area (Å²) in [7, 11) is 1.38. The number of ether oxygens (including phenoxy) is 2. The van der Waals surface area contributed by atoms with Gasteiger partial charge in [0.25, 0.3) is 0 Å². The number of fused-ring (bicyclic) bond motifs is 1. The largest absolute Gasteiger partial charge is 0.494 e.